The van der Waals surface area contributed by atoms with Crippen molar-refractivity contribution in [3.8, 4) is 5.75 Å². The fraction of sp³-hybridized carbons (Fsp3) is 0.200. The average molecular weight is 332 g/mol. The number of benzene rings is 1. The third kappa shape index (κ3) is 3.42. The number of sulfonamides is 1. The van der Waals surface area contributed by atoms with Crippen LogP contribution in [0.2, 0.25) is 0 Å². The lowest BCUT2D eigenvalue weighted by Gasteiger charge is -2.05. The van der Waals surface area contributed by atoms with Crippen molar-refractivity contribution < 1.29 is 13.2 Å². The van der Waals surface area contributed by atoms with Gasteiger partial charge in [0.25, 0.3) is 10.0 Å². The zero-order valence-corrected chi connectivity index (χ0v) is 13.1. The lowest BCUT2D eigenvalue weighted by Crippen LogP contribution is -2.22. The predicted molar refractivity (Wildman–Crippen MR) is 86.9 cm³/mol. The molecule has 0 aliphatic carbocycles. The molecular weight excluding hydrogens is 316 g/mol. The highest BCUT2D eigenvalue weighted by Gasteiger charge is 2.29. The number of rotatable bonds is 5. The molecule has 2 aromatic rings. The van der Waals surface area contributed by atoms with Crippen LogP contribution in [0.3, 0.4) is 0 Å². The Morgan fingerprint density at radius 3 is 2.91 bits per heavy atom. The van der Waals surface area contributed by atoms with Crippen LogP contribution in [0.25, 0.3) is 0 Å². The van der Waals surface area contributed by atoms with E-state index in [0.29, 0.717) is 42.5 Å². The van der Waals surface area contributed by atoms with E-state index in [2.05, 4.69) is 14.7 Å². The van der Waals surface area contributed by atoms with Crippen molar-refractivity contribution in [2.24, 2.45) is 4.99 Å². The van der Waals surface area contributed by atoms with Gasteiger partial charge in [-0.05, 0) is 18.2 Å². The monoisotopic (exact) mass is 332 g/mol. The van der Waals surface area contributed by atoms with Gasteiger partial charge in [-0.3, -0.25) is 9.71 Å². The van der Waals surface area contributed by atoms with Crippen molar-refractivity contribution >= 4 is 21.7 Å². The SMILES string of the molecule is Nc1cc(OCCCN=C2NS(=O)(=O)c3ccccc32)ccn1. The van der Waals surface area contributed by atoms with Crippen LogP contribution in [0, 0.1) is 0 Å². The molecule has 1 aliphatic rings. The lowest BCUT2D eigenvalue weighted by molar-refractivity contribution is 0.313. The molecule has 120 valence electrons. The van der Waals surface area contributed by atoms with Gasteiger partial charge >= 0.3 is 0 Å². The van der Waals surface area contributed by atoms with E-state index in [4.69, 9.17) is 10.5 Å². The summed E-state index contributed by atoms with van der Waals surface area (Å²) < 4.78 is 31.9. The highest BCUT2D eigenvalue weighted by molar-refractivity contribution is 7.90. The molecule has 3 N–H and O–H groups in total. The van der Waals surface area contributed by atoms with Gasteiger partial charge in [0, 0.05) is 30.8 Å². The standard InChI is InChI=1S/C15H16N4O3S/c16-14-10-11(6-8-17-14)22-9-3-7-18-15-12-4-1-2-5-13(12)23(20,21)19-15/h1-2,4-6,8,10H,3,7,9H2,(H2,16,17)(H,18,19). The lowest BCUT2D eigenvalue weighted by atomic mass is 10.2. The molecule has 8 heteroatoms. The number of fused-ring (bicyclic) bond motifs is 1. The Morgan fingerprint density at radius 2 is 2.09 bits per heavy atom. The Kier molecular flexibility index (Phi) is 4.16. The number of nitrogens with zero attached hydrogens (tertiary/aromatic N) is 2. The molecule has 0 spiro atoms. The molecule has 0 fully saturated rings. The van der Waals surface area contributed by atoms with Crippen LogP contribution in [0.1, 0.15) is 12.0 Å². The summed E-state index contributed by atoms with van der Waals surface area (Å²) in [5, 5.41) is 0. The van der Waals surface area contributed by atoms with Crippen LogP contribution >= 0.6 is 0 Å². The molecule has 0 saturated carbocycles. The predicted octanol–water partition coefficient (Wildman–Crippen LogP) is 1.17. The Morgan fingerprint density at radius 1 is 1.26 bits per heavy atom. The second-order valence-corrected chi connectivity index (χ2v) is 6.60. The molecule has 2 heterocycles. The first-order chi connectivity index (χ1) is 11.1. The summed E-state index contributed by atoms with van der Waals surface area (Å²) in [4.78, 5) is 8.47. The van der Waals surface area contributed by atoms with Gasteiger partial charge in [0.15, 0.2) is 0 Å². The Hall–Kier alpha value is -2.61. The Labute approximate surface area is 134 Å². The smallest absolute Gasteiger partial charge is 0.263 e. The molecule has 3 rings (SSSR count). The van der Waals surface area contributed by atoms with Gasteiger partial charge in [-0.25, -0.2) is 13.4 Å². The number of anilines is 1. The minimum absolute atomic E-state index is 0.266. The maximum absolute atomic E-state index is 11.9. The molecule has 0 atom stereocenters. The average Bonchev–Trinajstić information content (AvgIpc) is 2.79. The molecule has 7 nitrogen and oxygen atoms in total. The van der Waals surface area contributed by atoms with Crippen molar-refractivity contribution in [3.63, 3.8) is 0 Å². The molecule has 1 aromatic heterocycles. The number of amidine groups is 1. The summed E-state index contributed by atoms with van der Waals surface area (Å²) in [5.74, 6) is 1.44. The van der Waals surface area contributed by atoms with Crippen LogP contribution < -0.4 is 15.2 Å². The van der Waals surface area contributed by atoms with Gasteiger partial charge in [0.05, 0.1) is 11.5 Å². The summed E-state index contributed by atoms with van der Waals surface area (Å²) >= 11 is 0. The highest BCUT2D eigenvalue weighted by atomic mass is 32.2. The van der Waals surface area contributed by atoms with E-state index in [1.807, 2.05) is 0 Å². The third-order valence-electron chi connectivity index (χ3n) is 3.26. The summed E-state index contributed by atoms with van der Waals surface area (Å²) in [6, 6.07) is 10.2. The van der Waals surface area contributed by atoms with Crippen LogP contribution in [-0.2, 0) is 10.0 Å². The number of pyridine rings is 1. The summed E-state index contributed by atoms with van der Waals surface area (Å²) in [5.41, 5.74) is 6.17. The maximum Gasteiger partial charge on any atom is 0.263 e. The maximum atomic E-state index is 11.9. The molecule has 1 aliphatic heterocycles. The Balaban J connectivity index is 1.57. The second-order valence-electron chi connectivity index (χ2n) is 4.95. The molecule has 23 heavy (non-hydrogen) atoms. The van der Waals surface area contributed by atoms with Crippen molar-refractivity contribution in [2.45, 2.75) is 11.3 Å². The van der Waals surface area contributed by atoms with Gasteiger partial charge in [0.2, 0.25) is 0 Å². The largest absolute Gasteiger partial charge is 0.493 e. The second kappa shape index (κ2) is 6.25. The van der Waals surface area contributed by atoms with Crippen LogP contribution in [0.15, 0.2) is 52.5 Å². The number of nitrogens with two attached hydrogens (primary N) is 1. The molecular formula is C15H16N4O3S. The van der Waals surface area contributed by atoms with Gasteiger partial charge in [-0.1, -0.05) is 12.1 Å². The van der Waals surface area contributed by atoms with E-state index in [1.54, 1.807) is 42.6 Å². The number of ether oxygens (including phenoxy) is 1. The molecule has 0 bridgehead atoms. The van der Waals surface area contributed by atoms with Crippen LogP contribution in [0.4, 0.5) is 5.82 Å². The number of aliphatic imine (C=N–C) groups is 1. The van der Waals surface area contributed by atoms with Crippen molar-refractivity contribution in [2.75, 3.05) is 18.9 Å². The summed E-state index contributed by atoms with van der Waals surface area (Å²) in [6.07, 6.45) is 2.23. The topological polar surface area (TPSA) is 107 Å². The molecule has 1 aromatic carbocycles. The van der Waals surface area contributed by atoms with Crippen LogP contribution in [-0.4, -0.2) is 32.4 Å². The number of hydrogen-bond donors (Lipinski definition) is 2. The minimum atomic E-state index is -3.48. The number of aromatic nitrogens is 1. The van der Waals surface area contributed by atoms with Gasteiger partial charge in [0.1, 0.15) is 17.4 Å². The molecule has 0 amide bonds. The van der Waals surface area contributed by atoms with E-state index in [0.717, 1.165) is 0 Å². The number of hydrogen-bond acceptors (Lipinski definition) is 6. The van der Waals surface area contributed by atoms with Gasteiger partial charge in [-0.15, -0.1) is 0 Å². The van der Waals surface area contributed by atoms with E-state index in [1.165, 1.54) is 0 Å². The van der Waals surface area contributed by atoms with E-state index >= 15 is 0 Å². The normalized spacial score (nSPS) is 16.8. The fourth-order valence-electron chi connectivity index (χ4n) is 2.21. The van der Waals surface area contributed by atoms with E-state index < -0.39 is 10.0 Å². The van der Waals surface area contributed by atoms with Crippen LogP contribution in [0.5, 0.6) is 5.75 Å². The molecule has 0 unspecified atom stereocenters. The first kappa shape index (κ1) is 15.3. The first-order valence-electron chi connectivity index (χ1n) is 7.07. The van der Waals surface area contributed by atoms with Gasteiger partial charge < -0.3 is 10.5 Å². The fourth-order valence-corrected chi connectivity index (χ4v) is 3.47. The van der Waals surface area contributed by atoms with Crippen molar-refractivity contribution in [1.82, 2.24) is 9.71 Å². The molecule has 0 radical (unpaired) electrons. The van der Waals surface area contributed by atoms with Crippen molar-refractivity contribution in [1.29, 1.82) is 0 Å². The quantitative estimate of drug-likeness (QED) is 0.799. The highest BCUT2D eigenvalue weighted by Crippen LogP contribution is 2.22. The van der Waals surface area contributed by atoms with E-state index in [9.17, 15) is 8.42 Å². The summed E-state index contributed by atoms with van der Waals surface area (Å²) in [7, 11) is -3.48. The summed E-state index contributed by atoms with van der Waals surface area (Å²) in [6.45, 7) is 0.904. The number of nitrogens with one attached hydrogen (secondary N) is 1. The Bertz CT molecular complexity index is 849. The zero-order chi connectivity index (χ0) is 16.3. The zero-order valence-electron chi connectivity index (χ0n) is 12.3. The third-order valence-corrected chi connectivity index (χ3v) is 4.65. The number of nitrogen functional groups attached to an aromatic ring is 1. The minimum Gasteiger partial charge on any atom is -0.493 e. The van der Waals surface area contributed by atoms with Gasteiger partial charge in [-0.2, -0.15) is 0 Å². The van der Waals surface area contributed by atoms with Crippen molar-refractivity contribution in [3.05, 3.63) is 48.2 Å². The van der Waals surface area contributed by atoms with E-state index in [-0.39, 0.29) is 4.90 Å². The first-order valence-corrected chi connectivity index (χ1v) is 8.55. The molecule has 0 saturated heterocycles.